The van der Waals surface area contributed by atoms with E-state index in [0.717, 1.165) is 55.7 Å². The van der Waals surface area contributed by atoms with Crippen molar-refractivity contribution in [2.24, 2.45) is 0 Å². The third-order valence-corrected chi connectivity index (χ3v) is 6.61. The molecule has 4 aromatic carbocycles. The van der Waals surface area contributed by atoms with Crippen LogP contribution >= 0.6 is 23.2 Å². The molecule has 0 spiro atoms. The standard InChI is InChI=1S/C32H20Cl2O2/c33-25-15-11-21(12-16-25)31-19-23(27-5-1-3-7-29(27)35-31)9-10-24-20-32(22-13-17-26(34)18-14-22)36-30-8-4-2-6-28(24)30/h1-20H/q+2/b10-9+. The van der Waals surface area contributed by atoms with Gasteiger partial charge in [0.15, 0.2) is 0 Å². The molecule has 0 atom stereocenters. The van der Waals surface area contributed by atoms with Gasteiger partial charge in [-0.3, -0.25) is 0 Å². The maximum absolute atomic E-state index is 6.23. The molecular weight excluding hydrogens is 487 g/mol. The summed E-state index contributed by atoms with van der Waals surface area (Å²) < 4.78 is 12.5. The summed E-state index contributed by atoms with van der Waals surface area (Å²) in [6, 6.07) is 35.6. The minimum absolute atomic E-state index is 0.692. The molecule has 6 aromatic rings. The molecule has 0 fully saturated rings. The highest BCUT2D eigenvalue weighted by atomic mass is 35.5. The number of rotatable bonds is 4. The largest absolute Gasteiger partial charge is 0.361 e. The lowest BCUT2D eigenvalue weighted by molar-refractivity contribution is 0.619. The molecule has 0 aliphatic carbocycles. The third-order valence-electron chi connectivity index (χ3n) is 6.11. The molecule has 36 heavy (non-hydrogen) atoms. The second-order valence-electron chi connectivity index (χ2n) is 8.47. The molecule has 2 aromatic heterocycles. The minimum atomic E-state index is 0.692. The first-order valence-corrected chi connectivity index (χ1v) is 12.3. The van der Waals surface area contributed by atoms with E-state index in [9.17, 15) is 0 Å². The van der Waals surface area contributed by atoms with Gasteiger partial charge >= 0.3 is 22.7 Å². The predicted octanol–water partition coefficient (Wildman–Crippen LogP) is 10.6. The van der Waals surface area contributed by atoms with Crippen LogP contribution in [0.25, 0.3) is 56.7 Å². The maximum atomic E-state index is 6.23. The molecule has 0 saturated carbocycles. The first-order valence-electron chi connectivity index (χ1n) is 11.6. The second-order valence-corrected chi connectivity index (χ2v) is 9.34. The zero-order valence-electron chi connectivity index (χ0n) is 19.1. The van der Waals surface area contributed by atoms with Crippen LogP contribution in [-0.4, -0.2) is 0 Å². The summed E-state index contributed by atoms with van der Waals surface area (Å²) in [5, 5.41) is 3.46. The number of benzene rings is 4. The zero-order valence-corrected chi connectivity index (χ0v) is 20.6. The Kier molecular flexibility index (Phi) is 5.98. The molecule has 172 valence electrons. The molecule has 0 amide bonds. The van der Waals surface area contributed by atoms with Crippen LogP contribution in [0.3, 0.4) is 0 Å². The van der Waals surface area contributed by atoms with Crippen LogP contribution in [0.2, 0.25) is 10.0 Å². The van der Waals surface area contributed by atoms with Crippen molar-refractivity contribution in [2.45, 2.75) is 0 Å². The van der Waals surface area contributed by atoms with Crippen molar-refractivity contribution in [2.75, 3.05) is 0 Å². The molecule has 0 radical (unpaired) electrons. The molecule has 0 N–H and O–H groups in total. The van der Waals surface area contributed by atoms with E-state index in [4.69, 9.17) is 32.0 Å². The highest BCUT2D eigenvalue weighted by molar-refractivity contribution is 6.30. The Morgan fingerprint density at radius 1 is 0.472 bits per heavy atom. The van der Waals surface area contributed by atoms with Gasteiger partial charge in [0.1, 0.15) is 0 Å². The van der Waals surface area contributed by atoms with Gasteiger partial charge in [-0.05, 0) is 60.7 Å². The summed E-state index contributed by atoms with van der Waals surface area (Å²) in [4.78, 5) is 0. The summed E-state index contributed by atoms with van der Waals surface area (Å²) >= 11 is 12.2. The smallest absolute Gasteiger partial charge is 0.207 e. The molecular formula is C32H20Cl2O2+2. The topological polar surface area (TPSA) is 22.6 Å². The monoisotopic (exact) mass is 506 g/mol. The third kappa shape index (κ3) is 4.49. The van der Waals surface area contributed by atoms with Gasteiger partial charge < -0.3 is 0 Å². The summed E-state index contributed by atoms with van der Waals surface area (Å²) in [6.07, 6.45) is 4.26. The zero-order chi connectivity index (χ0) is 24.5. The molecule has 2 nitrogen and oxygen atoms in total. The summed E-state index contributed by atoms with van der Waals surface area (Å²) in [5.74, 6) is 1.56. The lowest BCUT2D eigenvalue weighted by Gasteiger charge is -2.01. The van der Waals surface area contributed by atoms with Crippen LogP contribution in [-0.2, 0) is 0 Å². The van der Waals surface area contributed by atoms with Gasteiger partial charge in [-0.15, -0.1) is 0 Å². The fourth-order valence-corrected chi connectivity index (χ4v) is 4.54. The van der Waals surface area contributed by atoms with Crippen LogP contribution in [0.15, 0.2) is 118 Å². The van der Waals surface area contributed by atoms with Crippen molar-refractivity contribution < 1.29 is 8.83 Å². The van der Waals surface area contributed by atoms with Crippen LogP contribution in [0, 0.1) is 0 Å². The van der Waals surface area contributed by atoms with Gasteiger partial charge in [0.2, 0.25) is 0 Å². The summed E-state index contributed by atoms with van der Waals surface area (Å²) in [6.45, 7) is 0. The molecule has 2 heterocycles. The van der Waals surface area contributed by atoms with Crippen LogP contribution in [0.4, 0.5) is 0 Å². The van der Waals surface area contributed by atoms with Crippen molar-refractivity contribution in [3.05, 3.63) is 130 Å². The van der Waals surface area contributed by atoms with E-state index in [2.05, 4.69) is 36.4 Å². The number of halogens is 2. The average molecular weight is 507 g/mol. The minimum Gasteiger partial charge on any atom is -0.207 e. The van der Waals surface area contributed by atoms with Crippen LogP contribution in [0.1, 0.15) is 11.1 Å². The van der Waals surface area contributed by atoms with E-state index in [-0.39, 0.29) is 0 Å². The molecule has 6 rings (SSSR count). The predicted molar refractivity (Wildman–Crippen MR) is 151 cm³/mol. The fraction of sp³-hybridized carbons (Fsp3) is 0. The van der Waals surface area contributed by atoms with E-state index < -0.39 is 0 Å². The molecule has 0 bridgehead atoms. The molecule has 0 unspecified atom stereocenters. The van der Waals surface area contributed by atoms with Gasteiger partial charge in [0.25, 0.3) is 0 Å². The van der Waals surface area contributed by atoms with E-state index in [0.29, 0.717) is 10.0 Å². The van der Waals surface area contributed by atoms with E-state index in [1.165, 1.54) is 0 Å². The maximum Gasteiger partial charge on any atom is 0.361 e. The molecule has 4 heteroatoms. The van der Waals surface area contributed by atoms with Crippen LogP contribution < -0.4 is 0 Å². The SMILES string of the molecule is Clc1ccc(-c2cc(/C=C/c3cc(-c4ccc(Cl)cc4)[o+]c4ccccc34)c3ccccc3[o+]2)cc1. The highest BCUT2D eigenvalue weighted by Gasteiger charge is 2.20. The quantitative estimate of drug-likeness (QED) is 0.222. The van der Waals surface area contributed by atoms with Crippen molar-refractivity contribution in [3.8, 4) is 22.6 Å². The van der Waals surface area contributed by atoms with Crippen molar-refractivity contribution >= 4 is 57.3 Å². The van der Waals surface area contributed by atoms with Gasteiger partial charge in [0.05, 0.1) is 34.0 Å². The lowest BCUT2D eigenvalue weighted by Crippen LogP contribution is -1.86. The number of fused-ring (bicyclic) bond motifs is 2. The Balaban J connectivity index is 1.50. The average Bonchev–Trinajstić information content (AvgIpc) is 2.92. The second kappa shape index (κ2) is 9.58. The van der Waals surface area contributed by atoms with E-state index in [1.807, 2.05) is 84.9 Å². The van der Waals surface area contributed by atoms with Gasteiger partial charge in [-0.1, -0.05) is 59.6 Å². The Bertz CT molecular complexity index is 1610. The van der Waals surface area contributed by atoms with Crippen molar-refractivity contribution in [3.63, 3.8) is 0 Å². The Morgan fingerprint density at radius 3 is 1.28 bits per heavy atom. The van der Waals surface area contributed by atoms with Gasteiger partial charge in [0, 0.05) is 33.3 Å². The number of para-hydroxylation sites is 2. The van der Waals surface area contributed by atoms with Crippen LogP contribution in [0.5, 0.6) is 0 Å². The Labute approximate surface area is 218 Å². The van der Waals surface area contributed by atoms with Gasteiger partial charge in [-0.25, -0.2) is 8.83 Å². The molecule has 0 aliphatic heterocycles. The first kappa shape index (κ1) is 22.5. The summed E-state index contributed by atoms with van der Waals surface area (Å²) in [5.41, 5.74) is 5.68. The number of hydrogen-bond acceptors (Lipinski definition) is 0. The molecule has 0 aliphatic rings. The highest BCUT2D eigenvalue weighted by Crippen LogP contribution is 2.32. The van der Waals surface area contributed by atoms with Crippen molar-refractivity contribution in [1.29, 1.82) is 0 Å². The van der Waals surface area contributed by atoms with Gasteiger partial charge in [-0.2, -0.15) is 0 Å². The van der Waals surface area contributed by atoms with E-state index in [1.54, 1.807) is 0 Å². The first-order chi connectivity index (χ1) is 17.6. The molecule has 0 saturated heterocycles. The Morgan fingerprint density at radius 2 is 0.861 bits per heavy atom. The lowest BCUT2D eigenvalue weighted by atomic mass is 10.0. The van der Waals surface area contributed by atoms with Crippen molar-refractivity contribution in [1.82, 2.24) is 0 Å². The Hall–Kier alpha value is -3.98. The normalized spacial score (nSPS) is 11.5. The van der Waals surface area contributed by atoms with E-state index >= 15 is 0 Å². The fourth-order valence-electron chi connectivity index (χ4n) is 4.29. The number of hydrogen-bond donors (Lipinski definition) is 0. The summed E-state index contributed by atoms with van der Waals surface area (Å²) in [7, 11) is 0.